The third-order valence-electron chi connectivity index (χ3n) is 1.59. The minimum atomic E-state index is 0.570. The van der Waals surface area contributed by atoms with Crippen LogP contribution in [-0.4, -0.2) is 22.8 Å². The van der Waals surface area contributed by atoms with E-state index in [2.05, 4.69) is 16.8 Å². The Labute approximate surface area is 96.0 Å². The molecule has 0 spiro atoms. The summed E-state index contributed by atoms with van der Waals surface area (Å²) in [5.41, 5.74) is 0.570. The number of carbonyl (C=O) groups is 1. The van der Waals surface area contributed by atoms with Gasteiger partial charge in [0, 0.05) is 12.4 Å². The molecule has 1 aromatic heterocycles. The fraction of sp³-hybridized carbons (Fsp3) is 0.250. The number of rotatable bonds is 5. The van der Waals surface area contributed by atoms with E-state index in [4.69, 9.17) is 0 Å². The molecule has 1 rings (SSSR count). The Kier molecular flexibility index (Phi) is 8.40. The van der Waals surface area contributed by atoms with Gasteiger partial charge in [0.05, 0.1) is 6.54 Å². The number of carbonyl (C=O) groups excluding carboxylic acids is 1. The van der Waals surface area contributed by atoms with Gasteiger partial charge in [0.1, 0.15) is 5.69 Å². The van der Waals surface area contributed by atoms with Crippen LogP contribution >= 0.6 is 0 Å². The predicted molar refractivity (Wildman–Crippen MR) is 66.8 cm³/mol. The maximum Gasteiger partial charge on any atom is 0.168 e. The Morgan fingerprint density at radius 1 is 1.50 bits per heavy atom. The first-order valence-corrected chi connectivity index (χ1v) is 5.13. The number of aromatic nitrogens is 2. The first-order chi connectivity index (χ1) is 7.88. The molecule has 0 N–H and O–H groups in total. The van der Waals surface area contributed by atoms with Crippen molar-refractivity contribution in [2.24, 2.45) is 4.99 Å². The van der Waals surface area contributed by atoms with Crippen LogP contribution in [0.15, 0.2) is 41.7 Å². The lowest BCUT2D eigenvalue weighted by atomic mass is 10.4. The molecule has 0 aliphatic heterocycles. The topological polar surface area (TPSA) is 47.2 Å². The minimum Gasteiger partial charge on any atom is -0.296 e. The molecule has 86 valence electrons. The van der Waals surface area contributed by atoms with Crippen LogP contribution in [0, 0.1) is 0 Å². The molecule has 0 atom stereocenters. The highest BCUT2D eigenvalue weighted by atomic mass is 16.1. The molecular weight excluding hydrogens is 202 g/mol. The molecule has 0 amide bonds. The molecule has 16 heavy (non-hydrogen) atoms. The number of nitrogens with zero attached hydrogens (tertiary/aromatic N) is 3. The smallest absolute Gasteiger partial charge is 0.168 e. The van der Waals surface area contributed by atoms with Crippen LogP contribution in [0.25, 0.3) is 0 Å². The van der Waals surface area contributed by atoms with Crippen LogP contribution in [0.2, 0.25) is 0 Å². The first-order valence-electron chi connectivity index (χ1n) is 5.13. The van der Waals surface area contributed by atoms with Gasteiger partial charge in [-0.25, -0.2) is 0 Å². The van der Waals surface area contributed by atoms with Crippen molar-refractivity contribution >= 4 is 13.0 Å². The molecule has 0 aliphatic rings. The van der Waals surface area contributed by atoms with Crippen LogP contribution in [0.1, 0.15) is 24.3 Å². The van der Waals surface area contributed by atoms with E-state index in [0.29, 0.717) is 12.2 Å². The Morgan fingerprint density at radius 3 is 2.88 bits per heavy atom. The fourth-order valence-corrected chi connectivity index (χ4v) is 0.945. The van der Waals surface area contributed by atoms with Gasteiger partial charge in [-0.1, -0.05) is 26.0 Å². The Balaban J connectivity index is 0.00000106. The van der Waals surface area contributed by atoms with Gasteiger partial charge in [-0.15, -0.1) is 0 Å². The number of aliphatic imine (C=N–C) groups is 1. The maximum atomic E-state index is 10.5. The van der Waals surface area contributed by atoms with Gasteiger partial charge in [0.25, 0.3) is 0 Å². The lowest BCUT2D eigenvalue weighted by Crippen LogP contribution is -2.01. The lowest BCUT2D eigenvalue weighted by molar-refractivity contribution is 0.111. The third kappa shape index (κ3) is 5.05. The van der Waals surface area contributed by atoms with Crippen LogP contribution in [-0.2, 0) is 6.54 Å². The van der Waals surface area contributed by atoms with Crippen LogP contribution in [0.3, 0.4) is 0 Å². The second-order valence-electron chi connectivity index (χ2n) is 2.51. The van der Waals surface area contributed by atoms with E-state index in [0.717, 1.165) is 6.29 Å². The summed E-state index contributed by atoms with van der Waals surface area (Å²) in [4.78, 5) is 14.0. The first kappa shape index (κ1) is 14.0. The molecule has 0 bridgehead atoms. The summed E-state index contributed by atoms with van der Waals surface area (Å²) < 4.78 is 1.61. The monoisotopic (exact) mass is 219 g/mol. The van der Waals surface area contributed by atoms with Crippen LogP contribution < -0.4 is 0 Å². The van der Waals surface area contributed by atoms with E-state index in [9.17, 15) is 4.79 Å². The van der Waals surface area contributed by atoms with Crippen molar-refractivity contribution in [3.8, 4) is 0 Å². The molecule has 4 heteroatoms. The van der Waals surface area contributed by atoms with Gasteiger partial charge in [-0.2, -0.15) is 5.10 Å². The van der Waals surface area contributed by atoms with Crippen molar-refractivity contribution in [3.05, 3.63) is 42.4 Å². The zero-order chi connectivity index (χ0) is 12.2. The Hall–Kier alpha value is -1.97. The lowest BCUT2D eigenvalue weighted by Gasteiger charge is -1.96. The summed E-state index contributed by atoms with van der Waals surface area (Å²) in [5.74, 6) is 0. The van der Waals surface area contributed by atoms with E-state index in [1.54, 1.807) is 29.2 Å². The maximum absolute atomic E-state index is 10.5. The highest BCUT2D eigenvalue weighted by Crippen LogP contribution is 1.94. The van der Waals surface area contributed by atoms with E-state index >= 15 is 0 Å². The molecule has 1 aromatic rings. The van der Waals surface area contributed by atoms with Crippen molar-refractivity contribution in [1.29, 1.82) is 0 Å². The largest absolute Gasteiger partial charge is 0.296 e. The quantitative estimate of drug-likeness (QED) is 0.434. The number of aldehydes is 1. The SMILES string of the molecule is C=N/C=C\C=C/Cn1nccc1C=O.CC. The molecule has 0 saturated heterocycles. The van der Waals surface area contributed by atoms with Crippen molar-refractivity contribution in [3.63, 3.8) is 0 Å². The fourth-order valence-electron chi connectivity index (χ4n) is 0.945. The van der Waals surface area contributed by atoms with Gasteiger partial charge in [-0.3, -0.25) is 14.5 Å². The highest BCUT2D eigenvalue weighted by molar-refractivity contribution is 5.71. The van der Waals surface area contributed by atoms with E-state index < -0.39 is 0 Å². The average molecular weight is 219 g/mol. The number of hydrogen-bond donors (Lipinski definition) is 0. The molecule has 1 heterocycles. The van der Waals surface area contributed by atoms with E-state index in [1.807, 2.05) is 26.0 Å². The molecule has 0 saturated carbocycles. The molecule has 0 unspecified atom stereocenters. The van der Waals surface area contributed by atoms with Gasteiger partial charge in [-0.05, 0) is 18.9 Å². The summed E-state index contributed by atoms with van der Waals surface area (Å²) in [6, 6.07) is 1.67. The number of allylic oxidation sites excluding steroid dienone is 3. The molecule has 0 aromatic carbocycles. The van der Waals surface area contributed by atoms with Crippen molar-refractivity contribution in [2.75, 3.05) is 0 Å². The Morgan fingerprint density at radius 2 is 2.25 bits per heavy atom. The average Bonchev–Trinajstić information content (AvgIpc) is 2.79. The molecule has 0 fully saturated rings. The summed E-state index contributed by atoms with van der Waals surface area (Å²) in [6.45, 7) is 7.87. The minimum absolute atomic E-state index is 0.570. The van der Waals surface area contributed by atoms with Gasteiger partial charge < -0.3 is 0 Å². The van der Waals surface area contributed by atoms with Gasteiger partial charge in [0.2, 0.25) is 0 Å². The second kappa shape index (κ2) is 9.58. The number of hydrogen-bond acceptors (Lipinski definition) is 3. The summed E-state index contributed by atoms with van der Waals surface area (Å²) >= 11 is 0. The van der Waals surface area contributed by atoms with Gasteiger partial charge in [0.15, 0.2) is 6.29 Å². The van der Waals surface area contributed by atoms with Crippen molar-refractivity contribution in [2.45, 2.75) is 20.4 Å². The molecule has 4 nitrogen and oxygen atoms in total. The third-order valence-corrected chi connectivity index (χ3v) is 1.59. The predicted octanol–water partition coefficient (Wildman–Crippen LogP) is 2.49. The molecule has 0 aliphatic carbocycles. The second-order valence-corrected chi connectivity index (χ2v) is 2.51. The van der Waals surface area contributed by atoms with E-state index in [-0.39, 0.29) is 0 Å². The highest BCUT2D eigenvalue weighted by Gasteiger charge is 1.96. The zero-order valence-corrected chi connectivity index (χ0v) is 9.71. The molecular formula is C12H17N3O. The standard InChI is InChI=1S/C10H11N3O.C2H6/c1-11-6-3-2-4-8-13-10(9-14)5-7-12-13;1-2/h2-7,9H,1,8H2;1-2H3/b4-2-,6-3-;. The van der Waals surface area contributed by atoms with Crippen molar-refractivity contribution in [1.82, 2.24) is 9.78 Å². The summed E-state index contributed by atoms with van der Waals surface area (Å²) in [7, 11) is 0. The summed E-state index contributed by atoms with van der Waals surface area (Å²) in [5, 5.41) is 3.98. The van der Waals surface area contributed by atoms with Gasteiger partial charge >= 0.3 is 0 Å². The van der Waals surface area contributed by atoms with Crippen molar-refractivity contribution < 1.29 is 4.79 Å². The zero-order valence-electron chi connectivity index (χ0n) is 9.71. The summed E-state index contributed by atoms with van der Waals surface area (Å²) in [6.07, 6.45) is 9.42. The van der Waals surface area contributed by atoms with Crippen LogP contribution in [0.4, 0.5) is 0 Å². The normalized spacial score (nSPS) is 10.1. The molecule has 0 radical (unpaired) electrons. The van der Waals surface area contributed by atoms with Crippen LogP contribution in [0.5, 0.6) is 0 Å². The Bertz CT molecular complexity index is 364. The van der Waals surface area contributed by atoms with E-state index in [1.165, 1.54) is 0 Å².